The van der Waals surface area contributed by atoms with Crippen molar-refractivity contribution in [2.45, 2.75) is 57.0 Å². The number of nitrogens with zero attached hydrogens (tertiary/aromatic N) is 3. The lowest BCUT2D eigenvalue weighted by Crippen LogP contribution is -2.51. The number of fused-ring (bicyclic) bond motifs is 5. The Bertz CT molecular complexity index is 539. The van der Waals surface area contributed by atoms with Crippen molar-refractivity contribution in [1.82, 2.24) is 15.2 Å². The maximum atomic E-state index is 6.20. The molecule has 0 spiro atoms. The molecule has 21 heavy (non-hydrogen) atoms. The fourth-order valence-electron chi connectivity index (χ4n) is 5.69. The molecule has 4 fully saturated rings. The van der Waals surface area contributed by atoms with Gasteiger partial charge in [-0.1, -0.05) is 0 Å². The fraction of sp³-hybridized carbons (Fsp3) is 0.875. The molecule has 1 saturated heterocycles. The fourth-order valence-corrected chi connectivity index (χ4v) is 5.69. The summed E-state index contributed by atoms with van der Waals surface area (Å²) in [7, 11) is 0. The van der Waals surface area contributed by atoms with Crippen molar-refractivity contribution in [3.05, 3.63) is 5.82 Å². The number of nitrogens with one attached hydrogen (secondary N) is 1. The van der Waals surface area contributed by atoms with Gasteiger partial charge in [-0.15, -0.1) is 5.10 Å². The van der Waals surface area contributed by atoms with E-state index in [4.69, 9.17) is 10.7 Å². The molecule has 3 saturated carbocycles. The Morgan fingerprint density at radius 3 is 2.71 bits per heavy atom. The smallest absolute Gasteiger partial charge is 0.245 e. The van der Waals surface area contributed by atoms with Crippen LogP contribution in [-0.2, 0) is 0 Å². The molecule has 114 valence electrons. The summed E-state index contributed by atoms with van der Waals surface area (Å²) >= 11 is 0. The van der Waals surface area contributed by atoms with Gasteiger partial charge in [0, 0.05) is 24.5 Å². The quantitative estimate of drug-likeness (QED) is 0.871. The molecule has 1 aromatic heterocycles. The number of anilines is 1. The molecule has 2 bridgehead atoms. The molecular formula is C16H25N5. The van der Waals surface area contributed by atoms with Gasteiger partial charge in [-0.05, 0) is 62.7 Å². The molecule has 0 radical (unpaired) electrons. The SMILES string of the molecule is CC1C(N)CCCN1c1n[nH]c(C2C3C4CCC(C4)C23)n1. The van der Waals surface area contributed by atoms with E-state index in [9.17, 15) is 0 Å². The summed E-state index contributed by atoms with van der Waals surface area (Å²) < 4.78 is 0. The summed E-state index contributed by atoms with van der Waals surface area (Å²) in [6.45, 7) is 3.24. The van der Waals surface area contributed by atoms with E-state index in [0.717, 1.165) is 54.8 Å². The normalized spacial score (nSPS) is 47.7. The van der Waals surface area contributed by atoms with Gasteiger partial charge in [0.1, 0.15) is 5.82 Å². The van der Waals surface area contributed by atoms with Crippen molar-refractivity contribution in [3.8, 4) is 0 Å². The van der Waals surface area contributed by atoms with Crippen LogP contribution in [0, 0.1) is 23.7 Å². The van der Waals surface area contributed by atoms with Crippen LogP contribution in [0.4, 0.5) is 5.95 Å². The molecule has 3 aliphatic carbocycles. The first kappa shape index (κ1) is 12.4. The highest BCUT2D eigenvalue weighted by Crippen LogP contribution is 2.72. The van der Waals surface area contributed by atoms with E-state index in [1.165, 1.54) is 19.3 Å². The summed E-state index contributed by atoms with van der Waals surface area (Å²) in [6.07, 6.45) is 6.67. The lowest BCUT2D eigenvalue weighted by Gasteiger charge is -2.36. The van der Waals surface area contributed by atoms with Gasteiger partial charge in [0.25, 0.3) is 0 Å². The number of hydrogen-bond donors (Lipinski definition) is 2. The summed E-state index contributed by atoms with van der Waals surface area (Å²) in [4.78, 5) is 7.16. The van der Waals surface area contributed by atoms with E-state index in [1.54, 1.807) is 0 Å². The highest BCUT2D eigenvalue weighted by molar-refractivity contribution is 5.35. The van der Waals surface area contributed by atoms with Crippen LogP contribution in [0.3, 0.4) is 0 Å². The molecule has 5 rings (SSSR count). The number of piperidine rings is 1. The van der Waals surface area contributed by atoms with Crippen molar-refractivity contribution in [1.29, 1.82) is 0 Å². The molecule has 0 aromatic carbocycles. The van der Waals surface area contributed by atoms with Crippen molar-refractivity contribution in [2.24, 2.45) is 29.4 Å². The van der Waals surface area contributed by atoms with E-state index < -0.39 is 0 Å². The minimum absolute atomic E-state index is 0.247. The third-order valence-corrected chi connectivity index (χ3v) is 6.85. The van der Waals surface area contributed by atoms with Crippen LogP contribution >= 0.6 is 0 Å². The van der Waals surface area contributed by atoms with Crippen molar-refractivity contribution in [2.75, 3.05) is 11.4 Å². The van der Waals surface area contributed by atoms with E-state index in [-0.39, 0.29) is 6.04 Å². The maximum absolute atomic E-state index is 6.20. The predicted octanol–water partition coefficient (Wildman–Crippen LogP) is 1.88. The maximum Gasteiger partial charge on any atom is 0.245 e. The van der Waals surface area contributed by atoms with Crippen molar-refractivity contribution < 1.29 is 0 Å². The van der Waals surface area contributed by atoms with Crippen molar-refractivity contribution in [3.63, 3.8) is 0 Å². The van der Waals surface area contributed by atoms with Crippen LogP contribution in [0.1, 0.15) is 50.8 Å². The van der Waals surface area contributed by atoms with E-state index >= 15 is 0 Å². The molecule has 2 heterocycles. The number of aromatic amines is 1. The summed E-state index contributed by atoms with van der Waals surface area (Å²) in [5, 5.41) is 7.77. The Balaban J connectivity index is 1.36. The van der Waals surface area contributed by atoms with Gasteiger partial charge in [-0.3, -0.25) is 5.10 Å². The van der Waals surface area contributed by atoms with Gasteiger partial charge in [0.2, 0.25) is 5.95 Å². The summed E-state index contributed by atoms with van der Waals surface area (Å²) in [5.74, 6) is 6.54. The number of rotatable bonds is 2. The summed E-state index contributed by atoms with van der Waals surface area (Å²) in [6, 6.07) is 0.592. The predicted molar refractivity (Wildman–Crippen MR) is 81.0 cm³/mol. The van der Waals surface area contributed by atoms with Gasteiger partial charge < -0.3 is 10.6 Å². The van der Waals surface area contributed by atoms with Crippen LogP contribution in [0.25, 0.3) is 0 Å². The van der Waals surface area contributed by atoms with Crippen molar-refractivity contribution >= 4 is 5.95 Å². The van der Waals surface area contributed by atoms with Crippen LogP contribution in [0.15, 0.2) is 0 Å². The average Bonchev–Trinajstić information content (AvgIpc) is 2.90. The lowest BCUT2D eigenvalue weighted by atomic mass is 9.99. The minimum atomic E-state index is 0.247. The third kappa shape index (κ3) is 1.67. The second-order valence-corrected chi connectivity index (χ2v) is 7.77. The molecule has 5 heteroatoms. The second kappa shape index (κ2) is 4.22. The standard InChI is InChI=1S/C16H25N5/c1-8-11(17)3-2-6-21(8)16-18-15(19-20-16)14-12-9-4-5-10(7-9)13(12)14/h8-14H,2-7,17H2,1H3,(H,18,19,20). The molecule has 1 aromatic rings. The zero-order valence-corrected chi connectivity index (χ0v) is 12.7. The highest BCUT2D eigenvalue weighted by atomic mass is 15.4. The van der Waals surface area contributed by atoms with Gasteiger partial charge >= 0.3 is 0 Å². The topological polar surface area (TPSA) is 70.8 Å². The molecule has 6 unspecified atom stereocenters. The van der Waals surface area contributed by atoms with Crippen LogP contribution in [0.5, 0.6) is 0 Å². The molecule has 4 aliphatic rings. The Hall–Kier alpha value is -1.10. The second-order valence-electron chi connectivity index (χ2n) is 7.77. The van der Waals surface area contributed by atoms with Gasteiger partial charge in [0.15, 0.2) is 0 Å². The Labute approximate surface area is 125 Å². The lowest BCUT2D eigenvalue weighted by molar-refractivity contribution is 0.415. The minimum Gasteiger partial charge on any atom is -0.335 e. The van der Waals surface area contributed by atoms with Crippen LogP contribution in [-0.4, -0.2) is 33.8 Å². The molecule has 3 N–H and O–H groups in total. The number of H-pyrrole nitrogens is 1. The van der Waals surface area contributed by atoms with E-state index in [2.05, 4.69) is 22.0 Å². The Kier molecular flexibility index (Phi) is 2.50. The highest BCUT2D eigenvalue weighted by Gasteiger charge is 2.66. The first-order valence-corrected chi connectivity index (χ1v) is 8.68. The van der Waals surface area contributed by atoms with E-state index in [1.807, 2.05) is 0 Å². The van der Waals surface area contributed by atoms with Gasteiger partial charge in [0.05, 0.1) is 0 Å². The number of aromatic nitrogens is 3. The molecule has 5 nitrogen and oxygen atoms in total. The molecule has 0 amide bonds. The monoisotopic (exact) mass is 287 g/mol. The molecule has 1 aliphatic heterocycles. The Morgan fingerprint density at radius 1 is 1.19 bits per heavy atom. The van der Waals surface area contributed by atoms with E-state index in [0.29, 0.717) is 12.0 Å². The molecule has 6 atom stereocenters. The van der Waals surface area contributed by atoms with Crippen LogP contribution < -0.4 is 10.6 Å². The Morgan fingerprint density at radius 2 is 1.95 bits per heavy atom. The van der Waals surface area contributed by atoms with Crippen LogP contribution in [0.2, 0.25) is 0 Å². The first-order chi connectivity index (χ1) is 10.2. The number of nitrogens with two attached hydrogens (primary N) is 1. The first-order valence-electron chi connectivity index (χ1n) is 8.68. The zero-order valence-electron chi connectivity index (χ0n) is 12.7. The number of hydrogen-bond acceptors (Lipinski definition) is 4. The van der Waals surface area contributed by atoms with Gasteiger partial charge in [-0.25, -0.2) is 0 Å². The molecular weight excluding hydrogens is 262 g/mol. The largest absolute Gasteiger partial charge is 0.335 e. The third-order valence-electron chi connectivity index (χ3n) is 6.85. The summed E-state index contributed by atoms with van der Waals surface area (Å²) in [5.41, 5.74) is 6.20. The zero-order chi connectivity index (χ0) is 14.1. The van der Waals surface area contributed by atoms with Gasteiger partial charge in [-0.2, -0.15) is 4.98 Å². The average molecular weight is 287 g/mol.